The van der Waals surface area contributed by atoms with Gasteiger partial charge in [0.25, 0.3) is 0 Å². The number of benzene rings is 1. The van der Waals surface area contributed by atoms with Crippen LogP contribution < -0.4 is 5.43 Å². The van der Waals surface area contributed by atoms with Crippen molar-refractivity contribution in [1.29, 1.82) is 0 Å². The summed E-state index contributed by atoms with van der Waals surface area (Å²) < 4.78 is 2.09. The largest absolute Gasteiger partial charge is 0.391 e. The molecule has 116 valence electrons. The molecule has 1 aromatic heterocycles. The summed E-state index contributed by atoms with van der Waals surface area (Å²) in [7, 11) is 0. The number of fused-ring (bicyclic) bond motifs is 1. The van der Waals surface area contributed by atoms with Crippen LogP contribution in [0.5, 0.6) is 0 Å². The zero-order valence-electron chi connectivity index (χ0n) is 13.2. The predicted molar refractivity (Wildman–Crippen MR) is 86.7 cm³/mol. The molecule has 0 spiro atoms. The standard InChI is InChI=1S/C18H22N2O2/c1-13-4-3-5-14(2)17(13)11-19-6-7-20-9-15(12-21)18(22)8-16(20)10-19/h3-5,8-9,21H,6-7,10-12H2,1-2H3. The molecule has 0 saturated heterocycles. The number of rotatable bonds is 3. The maximum absolute atomic E-state index is 11.9. The summed E-state index contributed by atoms with van der Waals surface area (Å²) >= 11 is 0. The lowest BCUT2D eigenvalue weighted by Crippen LogP contribution is -2.35. The molecule has 0 atom stereocenters. The van der Waals surface area contributed by atoms with Gasteiger partial charge in [0.05, 0.1) is 6.61 Å². The predicted octanol–water partition coefficient (Wildman–Crippen LogP) is 1.97. The number of aliphatic hydroxyl groups excluding tert-OH is 1. The summed E-state index contributed by atoms with van der Waals surface area (Å²) in [6, 6.07) is 8.06. The summed E-state index contributed by atoms with van der Waals surface area (Å²) in [4.78, 5) is 14.3. The highest BCUT2D eigenvalue weighted by Gasteiger charge is 2.18. The first-order chi connectivity index (χ1) is 10.6. The Balaban J connectivity index is 1.83. The van der Waals surface area contributed by atoms with Crippen molar-refractivity contribution in [1.82, 2.24) is 9.47 Å². The van der Waals surface area contributed by atoms with E-state index in [1.165, 1.54) is 16.7 Å². The van der Waals surface area contributed by atoms with E-state index in [0.29, 0.717) is 5.56 Å². The first-order valence-corrected chi connectivity index (χ1v) is 7.69. The van der Waals surface area contributed by atoms with E-state index in [9.17, 15) is 9.90 Å². The van der Waals surface area contributed by atoms with Crippen molar-refractivity contribution >= 4 is 0 Å². The lowest BCUT2D eigenvalue weighted by atomic mass is 10.0. The average Bonchev–Trinajstić information content (AvgIpc) is 2.50. The van der Waals surface area contributed by atoms with E-state index in [1.807, 2.05) is 0 Å². The number of aliphatic hydroxyl groups is 1. The van der Waals surface area contributed by atoms with Gasteiger partial charge in [0.2, 0.25) is 0 Å². The van der Waals surface area contributed by atoms with E-state index in [-0.39, 0.29) is 12.0 Å². The van der Waals surface area contributed by atoms with Gasteiger partial charge in [-0.3, -0.25) is 9.69 Å². The van der Waals surface area contributed by atoms with Gasteiger partial charge in [-0.05, 0) is 30.5 Å². The fourth-order valence-electron chi connectivity index (χ4n) is 3.14. The minimum Gasteiger partial charge on any atom is -0.391 e. The molecule has 0 bridgehead atoms. The molecule has 2 heterocycles. The Morgan fingerprint density at radius 2 is 1.91 bits per heavy atom. The Labute approximate surface area is 130 Å². The summed E-state index contributed by atoms with van der Waals surface area (Å²) in [6.07, 6.45) is 1.80. The number of hydrogen-bond acceptors (Lipinski definition) is 3. The van der Waals surface area contributed by atoms with Crippen molar-refractivity contribution < 1.29 is 5.11 Å². The monoisotopic (exact) mass is 298 g/mol. The zero-order chi connectivity index (χ0) is 15.7. The molecule has 1 aliphatic rings. The van der Waals surface area contributed by atoms with Crippen molar-refractivity contribution in [2.24, 2.45) is 0 Å². The normalized spacial score (nSPS) is 14.9. The molecule has 0 fully saturated rings. The minimum atomic E-state index is -0.189. The molecule has 0 unspecified atom stereocenters. The third kappa shape index (κ3) is 2.85. The Hall–Kier alpha value is -1.91. The van der Waals surface area contributed by atoms with Gasteiger partial charge < -0.3 is 9.67 Å². The van der Waals surface area contributed by atoms with Crippen LogP contribution in [-0.2, 0) is 26.2 Å². The lowest BCUT2D eigenvalue weighted by Gasteiger charge is -2.31. The van der Waals surface area contributed by atoms with Gasteiger partial charge in [0.1, 0.15) is 0 Å². The van der Waals surface area contributed by atoms with Gasteiger partial charge in [-0.1, -0.05) is 18.2 Å². The van der Waals surface area contributed by atoms with Crippen molar-refractivity contribution in [3.05, 3.63) is 68.6 Å². The van der Waals surface area contributed by atoms with Crippen molar-refractivity contribution in [2.45, 2.75) is 40.1 Å². The maximum Gasteiger partial charge on any atom is 0.187 e. The Bertz CT molecular complexity index is 729. The van der Waals surface area contributed by atoms with Gasteiger partial charge in [0.15, 0.2) is 5.43 Å². The lowest BCUT2D eigenvalue weighted by molar-refractivity contribution is 0.209. The molecule has 1 aliphatic heterocycles. The molecule has 3 rings (SSSR count). The van der Waals surface area contributed by atoms with Crippen molar-refractivity contribution in [2.75, 3.05) is 6.54 Å². The highest BCUT2D eigenvalue weighted by atomic mass is 16.3. The average molecular weight is 298 g/mol. The highest BCUT2D eigenvalue weighted by molar-refractivity contribution is 5.33. The smallest absolute Gasteiger partial charge is 0.187 e. The molecular weight excluding hydrogens is 276 g/mol. The molecule has 4 heteroatoms. The number of aromatic nitrogens is 1. The van der Waals surface area contributed by atoms with Crippen LogP contribution in [0.2, 0.25) is 0 Å². The molecule has 0 radical (unpaired) electrons. The SMILES string of the molecule is Cc1cccc(C)c1CN1CCn2cc(CO)c(=O)cc2C1. The molecule has 0 amide bonds. The van der Waals surface area contributed by atoms with E-state index in [2.05, 4.69) is 41.5 Å². The van der Waals surface area contributed by atoms with Gasteiger partial charge in [0, 0.05) is 49.7 Å². The molecule has 22 heavy (non-hydrogen) atoms. The second-order valence-corrected chi connectivity index (χ2v) is 6.09. The minimum absolute atomic E-state index is 0.0670. The molecular formula is C18H22N2O2. The first kappa shape index (κ1) is 15.0. The van der Waals surface area contributed by atoms with E-state index < -0.39 is 0 Å². The summed E-state index contributed by atoms with van der Waals surface area (Å²) in [5, 5.41) is 9.20. The summed E-state index contributed by atoms with van der Waals surface area (Å²) in [5.74, 6) is 0. The second-order valence-electron chi connectivity index (χ2n) is 6.09. The first-order valence-electron chi connectivity index (χ1n) is 7.69. The molecule has 1 N–H and O–H groups in total. The molecule has 2 aromatic rings. The van der Waals surface area contributed by atoms with Crippen LogP contribution in [0.1, 0.15) is 27.9 Å². The fourth-order valence-corrected chi connectivity index (χ4v) is 3.14. The van der Waals surface area contributed by atoms with Crippen LogP contribution in [0.25, 0.3) is 0 Å². The molecule has 0 saturated carbocycles. The maximum atomic E-state index is 11.9. The summed E-state index contributed by atoms with van der Waals surface area (Å²) in [5.41, 5.74) is 5.46. The number of nitrogens with zero attached hydrogens (tertiary/aromatic N) is 2. The number of hydrogen-bond donors (Lipinski definition) is 1. The van der Waals surface area contributed by atoms with Crippen LogP contribution in [0.15, 0.2) is 35.3 Å². The number of aryl methyl sites for hydroxylation is 2. The summed E-state index contributed by atoms with van der Waals surface area (Å²) in [6.45, 7) is 7.60. The van der Waals surface area contributed by atoms with Crippen LogP contribution >= 0.6 is 0 Å². The van der Waals surface area contributed by atoms with E-state index >= 15 is 0 Å². The quantitative estimate of drug-likeness (QED) is 0.942. The van der Waals surface area contributed by atoms with E-state index in [1.54, 1.807) is 12.3 Å². The topological polar surface area (TPSA) is 45.5 Å². The molecule has 0 aliphatic carbocycles. The second kappa shape index (κ2) is 6.07. The fraction of sp³-hybridized carbons (Fsp3) is 0.389. The van der Waals surface area contributed by atoms with E-state index in [4.69, 9.17) is 0 Å². The van der Waals surface area contributed by atoms with Gasteiger partial charge in [-0.15, -0.1) is 0 Å². The Kier molecular flexibility index (Phi) is 4.14. The van der Waals surface area contributed by atoms with Crippen molar-refractivity contribution in [3.8, 4) is 0 Å². The van der Waals surface area contributed by atoms with Crippen LogP contribution in [0.3, 0.4) is 0 Å². The van der Waals surface area contributed by atoms with Gasteiger partial charge >= 0.3 is 0 Å². The van der Waals surface area contributed by atoms with Crippen LogP contribution in [0, 0.1) is 13.8 Å². The third-order valence-electron chi connectivity index (χ3n) is 4.53. The third-order valence-corrected chi connectivity index (χ3v) is 4.53. The van der Waals surface area contributed by atoms with E-state index in [0.717, 1.165) is 31.9 Å². The van der Waals surface area contributed by atoms with Crippen LogP contribution in [0.4, 0.5) is 0 Å². The van der Waals surface area contributed by atoms with Gasteiger partial charge in [-0.2, -0.15) is 0 Å². The van der Waals surface area contributed by atoms with Crippen molar-refractivity contribution in [3.63, 3.8) is 0 Å². The molecule has 4 nitrogen and oxygen atoms in total. The molecule has 1 aromatic carbocycles. The van der Waals surface area contributed by atoms with Gasteiger partial charge in [-0.25, -0.2) is 0 Å². The highest BCUT2D eigenvalue weighted by Crippen LogP contribution is 2.19. The Morgan fingerprint density at radius 3 is 2.59 bits per heavy atom. The zero-order valence-corrected chi connectivity index (χ0v) is 13.2. The number of pyridine rings is 1. The Morgan fingerprint density at radius 1 is 1.18 bits per heavy atom. The van der Waals surface area contributed by atoms with Crippen LogP contribution in [-0.4, -0.2) is 21.1 Å².